The SMILES string of the molecule is CCCOc1ccc(C(=O)OCc2ccc(C#N)cc2)cc1OCC. The van der Waals surface area contributed by atoms with Crippen LogP contribution in [0.25, 0.3) is 0 Å². The summed E-state index contributed by atoms with van der Waals surface area (Å²) in [6.07, 6.45) is 0.889. The van der Waals surface area contributed by atoms with Crippen LogP contribution in [0.2, 0.25) is 0 Å². The van der Waals surface area contributed by atoms with Gasteiger partial charge in [-0.25, -0.2) is 4.79 Å². The fraction of sp³-hybridized carbons (Fsp3) is 0.300. The van der Waals surface area contributed by atoms with E-state index in [1.54, 1.807) is 42.5 Å². The van der Waals surface area contributed by atoms with Crippen molar-refractivity contribution in [2.75, 3.05) is 13.2 Å². The molecule has 0 radical (unpaired) electrons. The zero-order chi connectivity index (χ0) is 18.1. The number of rotatable bonds is 8. The number of hydrogen-bond donors (Lipinski definition) is 0. The predicted molar refractivity (Wildman–Crippen MR) is 93.7 cm³/mol. The first-order valence-corrected chi connectivity index (χ1v) is 8.23. The molecular formula is C20H21NO4. The highest BCUT2D eigenvalue weighted by Gasteiger charge is 2.13. The van der Waals surface area contributed by atoms with Crippen LogP contribution in [0.3, 0.4) is 0 Å². The first kappa shape index (κ1) is 18.3. The lowest BCUT2D eigenvalue weighted by Crippen LogP contribution is -2.07. The van der Waals surface area contributed by atoms with Crippen molar-refractivity contribution in [1.82, 2.24) is 0 Å². The van der Waals surface area contributed by atoms with Gasteiger partial charge in [-0.1, -0.05) is 19.1 Å². The van der Waals surface area contributed by atoms with Crippen LogP contribution in [-0.2, 0) is 11.3 Å². The van der Waals surface area contributed by atoms with Gasteiger partial charge in [0.15, 0.2) is 11.5 Å². The lowest BCUT2D eigenvalue weighted by molar-refractivity contribution is 0.0472. The third kappa shape index (κ3) is 5.25. The van der Waals surface area contributed by atoms with Crippen molar-refractivity contribution in [2.24, 2.45) is 0 Å². The quantitative estimate of drug-likeness (QED) is 0.677. The number of carbonyl (C=O) groups is 1. The molecule has 0 N–H and O–H groups in total. The van der Waals surface area contributed by atoms with Crippen molar-refractivity contribution in [2.45, 2.75) is 26.9 Å². The van der Waals surface area contributed by atoms with Crippen molar-refractivity contribution in [3.05, 3.63) is 59.2 Å². The lowest BCUT2D eigenvalue weighted by atomic mass is 10.1. The summed E-state index contributed by atoms with van der Waals surface area (Å²) < 4.78 is 16.5. The monoisotopic (exact) mass is 339 g/mol. The van der Waals surface area contributed by atoms with Gasteiger partial charge in [-0.2, -0.15) is 5.26 Å². The smallest absolute Gasteiger partial charge is 0.338 e. The van der Waals surface area contributed by atoms with E-state index in [-0.39, 0.29) is 6.61 Å². The molecule has 2 aromatic rings. The minimum atomic E-state index is -0.438. The van der Waals surface area contributed by atoms with Gasteiger partial charge in [0.1, 0.15) is 6.61 Å². The van der Waals surface area contributed by atoms with Crippen LogP contribution in [0, 0.1) is 11.3 Å². The van der Waals surface area contributed by atoms with E-state index in [0.29, 0.717) is 35.8 Å². The molecule has 0 aliphatic rings. The standard InChI is InChI=1S/C20H21NO4/c1-3-11-24-18-10-9-17(12-19(18)23-4-2)20(22)25-14-16-7-5-15(13-21)6-8-16/h5-10,12H,3-4,11,14H2,1-2H3. The fourth-order valence-corrected chi connectivity index (χ4v) is 2.14. The number of ether oxygens (including phenoxy) is 3. The minimum absolute atomic E-state index is 0.141. The normalized spacial score (nSPS) is 9.96. The summed E-state index contributed by atoms with van der Waals surface area (Å²) in [7, 11) is 0. The predicted octanol–water partition coefficient (Wildman–Crippen LogP) is 4.10. The summed E-state index contributed by atoms with van der Waals surface area (Å²) in [6, 6.07) is 14.0. The molecule has 130 valence electrons. The van der Waals surface area contributed by atoms with Gasteiger partial charge in [0.2, 0.25) is 0 Å². The Bertz CT molecular complexity index is 747. The Morgan fingerprint density at radius 3 is 2.44 bits per heavy atom. The maximum absolute atomic E-state index is 12.3. The summed E-state index contributed by atoms with van der Waals surface area (Å²) in [5.74, 6) is 0.712. The van der Waals surface area contributed by atoms with Crippen LogP contribution in [0.5, 0.6) is 11.5 Å². The lowest BCUT2D eigenvalue weighted by Gasteiger charge is -2.13. The van der Waals surface area contributed by atoms with E-state index in [9.17, 15) is 4.79 Å². The maximum Gasteiger partial charge on any atom is 0.338 e. The third-order valence-corrected chi connectivity index (χ3v) is 3.39. The van der Waals surface area contributed by atoms with E-state index in [2.05, 4.69) is 0 Å². The molecule has 0 aromatic heterocycles. The van der Waals surface area contributed by atoms with E-state index in [1.807, 2.05) is 19.9 Å². The van der Waals surface area contributed by atoms with Gasteiger partial charge in [0.05, 0.1) is 30.4 Å². The molecule has 0 amide bonds. The third-order valence-electron chi connectivity index (χ3n) is 3.39. The van der Waals surface area contributed by atoms with Crippen LogP contribution >= 0.6 is 0 Å². The molecule has 0 atom stereocenters. The van der Waals surface area contributed by atoms with Crippen molar-refractivity contribution in [3.63, 3.8) is 0 Å². The van der Waals surface area contributed by atoms with E-state index < -0.39 is 5.97 Å². The number of benzene rings is 2. The molecule has 0 bridgehead atoms. The highest BCUT2D eigenvalue weighted by molar-refractivity contribution is 5.90. The fourth-order valence-electron chi connectivity index (χ4n) is 2.14. The molecule has 0 heterocycles. The number of esters is 1. The summed E-state index contributed by atoms with van der Waals surface area (Å²) in [4.78, 5) is 12.3. The van der Waals surface area contributed by atoms with Gasteiger partial charge in [-0.05, 0) is 49.2 Å². The molecule has 0 aliphatic heterocycles. The molecular weight excluding hydrogens is 318 g/mol. The second kappa shape index (κ2) is 9.33. The molecule has 0 saturated heterocycles. The zero-order valence-corrected chi connectivity index (χ0v) is 14.5. The van der Waals surface area contributed by atoms with E-state index in [4.69, 9.17) is 19.5 Å². The Hall–Kier alpha value is -3.00. The van der Waals surface area contributed by atoms with Gasteiger partial charge in [-0.3, -0.25) is 0 Å². The molecule has 25 heavy (non-hydrogen) atoms. The van der Waals surface area contributed by atoms with Crippen molar-refractivity contribution in [3.8, 4) is 17.6 Å². The molecule has 0 fully saturated rings. The summed E-state index contributed by atoms with van der Waals surface area (Å²) >= 11 is 0. The van der Waals surface area contributed by atoms with Crippen molar-refractivity contribution < 1.29 is 19.0 Å². The van der Waals surface area contributed by atoms with Gasteiger partial charge in [0.25, 0.3) is 0 Å². The average molecular weight is 339 g/mol. The molecule has 0 saturated carbocycles. The summed E-state index contributed by atoms with van der Waals surface area (Å²) in [6.45, 7) is 5.10. The average Bonchev–Trinajstić information content (AvgIpc) is 2.65. The van der Waals surface area contributed by atoms with Gasteiger partial charge in [0, 0.05) is 0 Å². The Balaban J connectivity index is 2.04. The molecule has 0 aliphatic carbocycles. The van der Waals surface area contributed by atoms with Crippen molar-refractivity contribution >= 4 is 5.97 Å². The van der Waals surface area contributed by atoms with E-state index in [1.165, 1.54) is 0 Å². The second-order valence-electron chi connectivity index (χ2n) is 5.33. The number of carbonyl (C=O) groups excluding carboxylic acids is 1. The van der Waals surface area contributed by atoms with Crippen LogP contribution in [0.4, 0.5) is 0 Å². The van der Waals surface area contributed by atoms with Gasteiger partial charge in [-0.15, -0.1) is 0 Å². The largest absolute Gasteiger partial charge is 0.490 e. The number of nitrogens with zero attached hydrogens (tertiary/aromatic N) is 1. The van der Waals surface area contributed by atoms with Crippen LogP contribution < -0.4 is 9.47 Å². The topological polar surface area (TPSA) is 68.5 Å². The first-order valence-electron chi connectivity index (χ1n) is 8.23. The van der Waals surface area contributed by atoms with E-state index in [0.717, 1.165) is 12.0 Å². The van der Waals surface area contributed by atoms with E-state index >= 15 is 0 Å². The number of nitriles is 1. The van der Waals surface area contributed by atoms with Crippen LogP contribution in [-0.4, -0.2) is 19.2 Å². The van der Waals surface area contributed by atoms with Gasteiger partial charge < -0.3 is 14.2 Å². The Morgan fingerprint density at radius 1 is 1.04 bits per heavy atom. The molecule has 0 unspecified atom stereocenters. The minimum Gasteiger partial charge on any atom is -0.490 e. The second-order valence-corrected chi connectivity index (χ2v) is 5.33. The van der Waals surface area contributed by atoms with Crippen molar-refractivity contribution in [1.29, 1.82) is 5.26 Å². The van der Waals surface area contributed by atoms with Gasteiger partial charge >= 0.3 is 5.97 Å². The Morgan fingerprint density at radius 2 is 1.80 bits per heavy atom. The Labute approximate surface area is 147 Å². The molecule has 2 rings (SSSR count). The molecule has 2 aromatic carbocycles. The van der Waals surface area contributed by atoms with Crippen LogP contribution in [0.15, 0.2) is 42.5 Å². The van der Waals surface area contributed by atoms with Crippen LogP contribution in [0.1, 0.15) is 41.8 Å². The highest BCUT2D eigenvalue weighted by atomic mass is 16.5. The molecule has 5 heteroatoms. The molecule has 0 spiro atoms. The summed E-state index contributed by atoms with van der Waals surface area (Å²) in [5.41, 5.74) is 1.79. The Kier molecular flexibility index (Phi) is 6.85. The highest BCUT2D eigenvalue weighted by Crippen LogP contribution is 2.29. The number of hydrogen-bond acceptors (Lipinski definition) is 5. The maximum atomic E-state index is 12.3. The summed E-state index contributed by atoms with van der Waals surface area (Å²) in [5, 5.41) is 8.78. The molecule has 5 nitrogen and oxygen atoms in total. The zero-order valence-electron chi connectivity index (χ0n) is 14.5. The first-order chi connectivity index (χ1) is 12.2.